The predicted octanol–water partition coefficient (Wildman–Crippen LogP) is 3.22. The Morgan fingerprint density at radius 1 is 1.06 bits per heavy atom. The van der Waals surface area contributed by atoms with E-state index < -0.39 is 24.9 Å². The number of rotatable bonds is 2. The molecule has 10 heteroatoms. The van der Waals surface area contributed by atoms with E-state index in [1.54, 1.807) is 6.20 Å². The first-order valence-corrected chi connectivity index (χ1v) is 17.6. The van der Waals surface area contributed by atoms with E-state index in [0.29, 0.717) is 35.2 Å². The van der Waals surface area contributed by atoms with Crippen molar-refractivity contribution in [2.45, 2.75) is 26.4 Å². The summed E-state index contributed by atoms with van der Waals surface area (Å²) >= 11 is -2.32. The van der Waals surface area contributed by atoms with Crippen LogP contribution in [0.4, 0.5) is 5.82 Å². The fourth-order valence-corrected chi connectivity index (χ4v) is 12.6. The first-order valence-electron chi connectivity index (χ1n) is 12.4. The third-order valence-corrected chi connectivity index (χ3v) is 13.8. The van der Waals surface area contributed by atoms with Crippen LogP contribution in [0.5, 0.6) is 0 Å². The monoisotopic (exact) mass is 671 g/mol. The zero-order valence-electron chi connectivity index (χ0n) is 20.4. The molecule has 2 aromatic heterocycles. The second kappa shape index (κ2) is 9.53. The molecule has 1 unspecified atom stereocenters. The number of para-hydroxylation sites is 2. The Morgan fingerprint density at radius 3 is 2.67 bits per heavy atom. The Bertz CT molecular complexity index is 1470. The van der Waals surface area contributed by atoms with Crippen molar-refractivity contribution in [3.05, 3.63) is 66.1 Å². The van der Waals surface area contributed by atoms with Gasteiger partial charge in [-0.05, 0) is 0 Å². The molecule has 2 bridgehead atoms. The Balaban J connectivity index is 1.33. The molecular formula is C26H27HgN7O2. The third-order valence-electron chi connectivity index (χ3n) is 7.09. The minimum absolute atomic E-state index is 0.00665. The average Bonchev–Trinajstić information content (AvgIpc) is 3.31. The van der Waals surface area contributed by atoms with E-state index in [-0.39, 0.29) is 17.9 Å². The van der Waals surface area contributed by atoms with Crippen LogP contribution in [0.1, 0.15) is 30.0 Å². The van der Waals surface area contributed by atoms with Gasteiger partial charge in [-0.2, -0.15) is 0 Å². The zero-order valence-corrected chi connectivity index (χ0v) is 25.9. The number of carbonyl (C=O) groups is 2. The maximum absolute atomic E-state index is 13.7. The van der Waals surface area contributed by atoms with Crippen LogP contribution in [0.15, 0.2) is 54.7 Å². The van der Waals surface area contributed by atoms with Gasteiger partial charge >= 0.3 is 222 Å². The van der Waals surface area contributed by atoms with Crippen molar-refractivity contribution in [1.29, 1.82) is 0 Å². The number of anilines is 1. The van der Waals surface area contributed by atoms with Crippen LogP contribution in [0.25, 0.3) is 21.8 Å². The van der Waals surface area contributed by atoms with Crippen LogP contribution in [-0.4, -0.2) is 62.6 Å². The summed E-state index contributed by atoms with van der Waals surface area (Å²) in [5, 5.41) is 7.54. The van der Waals surface area contributed by atoms with Crippen molar-refractivity contribution < 1.29 is 34.5 Å². The number of aromatic amines is 1. The predicted molar refractivity (Wildman–Crippen MR) is 133 cm³/mol. The molecule has 2 aromatic carbocycles. The van der Waals surface area contributed by atoms with Crippen LogP contribution in [0.2, 0.25) is 0 Å². The molecule has 2 aliphatic heterocycles. The van der Waals surface area contributed by atoms with E-state index in [1.165, 1.54) is 0 Å². The number of nitrogens with zero attached hydrogens (tertiary/aromatic N) is 5. The number of hydrogen-bond donors (Lipinski definition) is 2. The van der Waals surface area contributed by atoms with Crippen molar-refractivity contribution in [3.8, 4) is 0 Å². The van der Waals surface area contributed by atoms with Crippen molar-refractivity contribution in [2.24, 2.45) is 5.92 Å². The van der Waals surface area contributed by atoms with E-state index in [9.17, 15) is 9.59 Å². The summed E-state index contributed by atoms with van der Waals surface area (Å²) in [7, 11) is 0. The molecule has 0 spiro atoms. The summed E-state index contributed by atoms with van der Waals surface area (Å²) in [6.45, 7) is 6.32. The minimum atomic E-state index is -2.32. The second-order valence-corrected chi connectivity index (χ2v) is 16.6. The van der Waals surface area contributed by atoms with Gasteiger partial charge in [-0.3, -0.25) is 0 Å². The van der Waals surface area contributed by atoms with Crippen LogP contribution in [0.3, 0.4) is 0 Å². The van der Waals surface area contributed by atoms with Crippen molar-refractivity contribution in [2.75, 3.05) is 25.1 Å². The second-order valence-electron chi connectivity index (χ2n) is 9.85. The molecule has 180 valence electrons. The number of hydrazine groups is 1. The Morgan fingerprint density at radius 2 is 1.83 bits per heavy atom. The summed E-state index contributed by atoms with van der Waals surface area (Å²) < 4.78 is 2.49. The van der Waals surface area contributed by atoms with Gasteiger partial charge in [0.25, 0.3) is 0 Å². The van der Waals surface area contributed by atoms with Gasteiger partial charge in [0.2, 0.25) is 0 Å². The van der Waals surface area contributed by atoms with E-state index in [0.717, 1.165) is 33.4 Å². The molecular weight excluding hydrogens is 643 g/mol. The molecule has 4 aromatic rings. The van der Waals surface area contributed by atoms with Crippen LogP contribution in [-0.2, 0) is 36.2 Å². The van der Waals surface area contributed by atoms with E-state index in [1.807, 2.05) is 53.4 Å². The van der Waals surface area contributed by atoms with Gasteiger partial charge in [0.1, 0.15) is 0 Å². The maximum atomic E-state index is 13.7. The van der Waals surface area contributed by atoms with E-state index in [2.05, 4.69) is 31.9 Å². The SMILES string of the molecule is CC(C)C1Nc2nc(nc3ccccc23)CN2CCN(C(=O)c3c[nH]c4ccccc34)C[N]2[Hg][C]1=O. The van der Waals surface area contributed by atoms with Crippen molar-refractivity contribution in [3.63, 3.8) is 0 Å². The molecule has 1 amide bonds. The number of fused-ring (bicyclic) bond motifs is 6. The molecule has 1 saturated heterocycles. The van der Waals surface area contributed by atoms with Gasteiger partial charge in [0, 0.05) is 0 Å². The topological polar surface area (TPSA) is 97.5 Å². The molecule has 1 atom stereocenters. The first kappa shape index (κ1) is 23.5. The number of aromatic nitrogens is 3. The van der Waals surface area contributed by atoms with Gasteiger partial charge in [-0.25, -0.2) is 0 Å². The Kier molecular flexibility index (Phi) is 6.22. The molecule has 36 heavy (non-hydrogen) atoms. The third kappa shape index (κ3) is 4.29. The summed E-state index contributed by atoms with van der Waals surface area (Å²) in [6, 6.07) is 15.5. The number of H-pyrrole nitrogens is 1. The fourth-order valence-electron chi connectivity index (χ4n) is 5.16. The molecule has 2 N–H and O–H groups in total. The molecule has 2 aliphatic rings. The number of nitrogens with one attached hydrogen (secondary N) is 2. The molecule has 0 saturated carbocycles. The number of carbonyl (C=O) groups excluding carboxylic acids is 2. The molecule has 6 rings (SSSR count). The standard InChI is InChI=1S/C26H27N7O2.Hg/c1-17(2)23(15-34)30-25-19-8-4-6-10-22(19)29-24(31-25)14-33-12-11-32(16-28-33)26(35)20-13-27-21-9-5-3-7-18(20)21;/h3-10,13,17,23,27H,11-12,14,16H2,1-2H3,(H,29,30,31);/q-1;+1. The number of amides is 1. The van der Waals surface area contributed by atoms with Gasteiger partial charge in [0.05, 0.1) is 0 Å². The Labute approximate surface area is 221 Å². The molecule has 0 radical (unpaired) electrons. The average molecular weight is 670 g/mol. The zero-order chi connectivity index (χ0) is 24.8. The van der Waals surface area contributed by atoms with Crippen LogP contribution in [0, 0.1) is 5.92 Å². The molecule has 4 heterocycles. The van der Waals surface area contributed by atoms with Crippen molar-refractivity contribution in [1.82, 2.24) is 27.6 Å². The summed E-state index contributed by atoms with van der Waals surface area (Å²) in [5.41, 5.74) is 2.49. The van der Waals surface area contributed by atoms with Gasteiger partial charge < -0.3 is 0 Å². The Hall–Kier alpha value is -2.88. The van der Waals surface area contributed by atoms with Gasteiger partial charge in [0.15, 0.2) is 0 Å². The summed E-state index contributed by atoms with van der Waals surface area (Å²) in [4.78, 5) is 41.9. The number of benzene rings is 2. The van der Waals surface area contributed by atoms with Crippen LogP contribution < -0.4 is 5.32 Å². The van der Waals surface area contributed by atoms with Crippen LogP contribution >= 0.6 is 0 Å². The van der Waals surface area contributed by atoms with E-state index in [4.69, 9.17) is 9.97 Å². The first-order chi connectivity index (χ1) is 17.5. The van der Waals surface area contributed by atoms with Crippen molar-refractivity contribution >= 4 is 36.8 Å². The molecule has 1 fully saturated rings. The normalized spacial score (nSPS) is 19.0. The summed E-state index contributed by atoms with van der Waals surface area (Å²) in [5.74, 6) is 1.57. The van der Waals surface area contributed by atoms with Gasteiger partial charge in [-0.1, -0.05) is 0 Å². The molecule has 9 nitrogen and oxygen atoms in total. The molecule has 0 aliphatic carbocycles. The number of hydrogen-bond acceptors (Lipinski definition) is 7. The quantitative estimate of drug-likeness (QED) is 0.317. The summed E-state index contributed by atoms with van der Waals surface area (Å²) in [6.07, 6.45) is 1.79. The fraction of sp³-hybridized carbons (Fsp3) is 0.308. The van der Waals surface area contributed by atoms with E-state index >= 15 is 0 Å². The van der Waals surface area contributed by atoms with Gasteiger partial charge in [-0.15, -0.1) is 0 Å².